The maximum Gasteiger partial charge on any atom is 0.258 e. The first kappa shape index (κ1) is 16.6. The van der Waals surface area contributed by atoms with Crippen molar-refractivity contribution in [1.82, 2.24) is 0 Å². The fraction of sp³-hybridized carbons (Fsp3) is 0.278. The zero-order valence-electron chi connectivity index (χ0n) is 13.5. The molecule has 0 saturated carbocycles. The van der Waals surface area contributed by atoms with E-state index >= 15 is 0 Å². The van der Waals surface area contributed by atoms with Crippen molar-refractivity contribution < 1.29 is 17.6 Å². The van der Waals surface area contributed by atoms with Gasteiger partial charge in [0, 0.05) is 18.4 Å². The first-order valence-corrected chi connectivity index (χ1v) is 9.57. The van der Waals surface area contributed by atoms with Gasteiger partial charge in [-0.05, 0) is 55.2 Å². The van der Waals surface area contributed by atoms with Gasteiger partial charge in [-0.2, -0.15) is 0 Å². The minimum Gasteiger partial charge on any atom is -0.308 e. The second-order valence-corrected chi connectivity index (χ2v) is 8.10. The van der Waals surface area contributed by atoms with Gasteiger partial charge in [0.05, 0.1) is 10.6 Å². The van der Waals surface area contributed by atoms with Crippen LogP contribution in [0.2, 0.25) is 0 Å². The number of rotatable bonds is 2. The van der Waals surface area contributed by atoms with Crippen LogP contribution in [0.15, 0.2) is 41.3 Å². The molecule has 6 heteroatoms. The molecule has 126 valence electrons. The van der Waals surface area contributed by atoms with E-state index < -0.39 is 15.7 Å². The summed E-state index contributed by atoms with van der Waals surface area (Å²) in [6.45, 7) is 2.24. The van der Waals surface area contributed by atoms with E-state index in [1.54, 1.807) is 19.1 Å². The van der Waals surface area contributed by atoms with Crippen molar-refractivity contribution in [3.63, 3.8) is 0 Å². The highest BCUT2D eigenvalue weighted by atomic mass is 32.2. The van der Waals surface area contributed by atoms with Gasteiger partial charge in [-0.15, -0.1) is 0 Å². The smallest absolute Gasteiger partial charge is 0.258 e. The molecule has 0 aliphatic carbocycles. The van der Waals surface area contributed by atoms with E-state index in [0.29, 0.717) is 23.4 Å². The number of fused-ring (bicyclic) bond motifs is 1. The normalized spacial score (nSPS) is 14.4. The van der Waals surface area contributed by atoms with Crippen molar-refractivity contribution in [2.24, 2.45) is 0 Å². The van der Waals surface area contributed by atoms with Crippen LogP contribution in [0.3, 0.4) is 0 Å². The lowest BCUT2D eigenvalue weighted by atomic mass is 9.99. The molecule has 0 saturated heterocycles. The minimum atomic E-state index is -3.40. The molecular weight excluding hydrogens is 329 g/mol. The van der Waals surface area contributed by atoms with Crippen LogP contribution in [-0.2, 0) is 16.3 Å². The summed E-state index contributed by atoms with van der Waals surface area (Å²) in [6, 6.07) is 8.97. The Morgan fingerprint density at radius 3 is 2.62 bits per heavy atom. The molecule has 24 heavy (non-hydrogen) atoms. The fourth-order valence-electron chi connectivity index (χ4n) is 2.97. The zero-order valence-corrected chi connectivity index (χ0v) is 14.4. The molecule has 0 atom stereocenters. The molecule has 0 bridgehead atoms. The summed E-state index contributed by atoms with van der Waals surface area (Å²) in [5.41, 5.74) is 2.51. The standard InChI is InChI=1S/C18H18FNO3S/c1-12-5-8-15(24(2,22)23)11-16(12)18(21)20-9-3-4-13-6-7-14(19)10-17(13)20/h5-8,10-11H,3-4,9H2,1-2H3. The van der Waals surface area contributed by atoms with E-state index in [0.717, 1.165) is 24.7 Å². The van der Waals surface area contributed by atoms with Crippen LogP contribution < -0.4 is 4.90 Å². The van der Waals surface area contributed by atoms with Gasteiger partial charge in [0.15, 0.2) is 9.84 Å². The number of hydrogen-bond acceptors (Lipinski definition) is 3. The molecule has 4 nitrogen and oxygen atoms in total. The molecule has 1 aliphatic rings. The van der Waals surface area contributed by atoms with Gasteiger partial charge >= 0.3 is 0 Å². The Kier molecular flexibility index (Phi) is 4.17. The predicted octanol–water partition coefficient (Wildman–Crippen LogP) is 3.13. The number of carbonyl (C=O) groups is 1. The molecule has 3 rings (SSSR count). The van der Waals surface area contributed by atoms with E-state index in [1.165, 1.54) is 29.2 Å². The summed E-state index contributed by atoms with van der Waals surface area (Å²) in [6.07, 6.45) is 2.69. The summed E-state index contributed by atoms with van der Waals surface area (Å²) < 4.78 is 37.1. The third-order valence-corrected chi connectivity index (χ3v) is 5.39. The molecule has 0 aromatic heterocycles. The molecule has 2 aromatic rings. The summed E-state index contributed by atoms with van der Waals surface area (Å²) in [4.78, 5) is 14.6. The molecular formula is C18H18FNO3S. The van der Waals surface area contributed by atoms with Crippen molar-refractivity contribution in [3.8, 4) is 0 Å². The highest BCUT2D eigenvalue weighted by Crippen LogP contribution is 2.30. The molecule has 0 spiro atoms. The predicted molar refractivity (Wildman–Crippen MR) is 90.7 cm³/mol. The molecule has 0 N–H and O–H groups in total. The maximum absolute atomic E-state index is 13.6. The molecule has 2 aromatic carbocycles. The van der Waals surface area contributed by atoms with Gasteiger partial charge in [0.1, 0.15) is 5.82 Å². The van der Waals surface area contributed by atoms with Gasteiger partial charge in [-0.25, -0.2) is 12.8 Å². The van der Waals surface area contributed by atoms with Crippen molar-refractivity contribution in [2.75, 3.05) is 17.7 Å². The van der Waals surface area contributed by atoms with Crippen LogP contribution in [0.1, 0.15) is 27.9 Å². The number of aryl methyl sites for hydroxylation is 2. The number of benzene rings is 2. The lowest BCUT2D eigenvalue weighted by Gasteiger charge is -2.30. The average Bonchev–Trinajstić information content (AvgIpc) is 2.53. The van der Waals surface area contributed by atoms with E-state index in [-0.39, 0.29) is 10.8 Å². The van der Waals surface area contributed by atoms with Gasteiger partial charge in [-0.1, -0.05) is 12.1 Å². The first-order valence-electron chi connectivity index (χ1n) is 7.68. The van der Waals surface area contributed by atoms with Gasteiger partial charge in [-0.3, -0.25) is 4.79 Å². The Hall–Kier alpha value is -2.21. The summed E-state index contributed by atoms with van der Waals surface area (Å²) in [5, 5.41) is 0. The molecule has 0 radical (unpaired) electrons. The Balaban J connectivity index is 2.07. The lowest BCUT2D eigenvalue weighted by molar-refractivity contribution is 0.0984. The third-order valence-electron chi connectivity index (χ3n) is 4.28. The maximum atomic E-state index is 13.6. The van der Waals surface area contributed by atoms with E-state index in [1.807, 2.05) is 0 Å². The SMILES string of the molecule is Cc1ccc(S(C)(=O)=O)cc1C(=O)N1CCCc2ccc(F)cc21. The van der Waals surface area contributed by atoms with Crippen molar-refractivity contribution in [2.45, 2.75) is 24.7 Å². The van der Waals surface area contributed by atoms with E-state index in [9.17, 15) is 17.6 Å². The van der Waals surface area contributed by atoms with E-state index in [4.69, 9.17) is 0 Å². The monoisotopic (exact) mass is 347 g/mol. The zero-order chi connectivity index (χ0) is 17.5. The van der Waals surface area contributed by atoms with E-state index in [2.05, 4.69) is 0 Å². The van der Waals surface area contributed by atoms with Crippen LogP contribution in [0.25, 0.3) is 0 Å². The second kappa shape index (κ2) is 6.02. The number of halogens is 1. The Morgan fingerprint density at radius 1 is 1.17 bits per heavy atom. The number of nitrogens with zero attached hydrogens (tertiary/aromatic N) is 1. The molecule has 0 fully saturated rings. The van der Waals surface area contributed by atoms with Crippen LogP contribution >= 0.6 is 0 Å². The van der Waals surface area contributed by atoms with Crippen LogP contribution in [0.5, 0.6) is 0 Å². The Labute approximate surface area is 140 Å². The average molecular weight is 347 g/mol. The topological polar surface area (TPSA) is 54.5 Å². The highest BCUT2D eigenvalue weighted by Gasteiger charge is 2.26. The molecule has 1 aliphatic heterocycles. The van der Waals surface area contributed by atoms with Crippen molar-refractivity contribution in [1.29, 1.82) is 0 Å². The second-order valence-electron chi connectivity index (χ2n) is 6.08. The Morgan fingerprint density at radius 2 is 1.92 bits per heavy atom. The van der Waals surface area contributed by atoms with Crippen LogP contribution in [-0.4, -0.2) is 27.1 Å². The molecule has 0 unspecified atom stereocenters. The van der Waals surface area contributed by atoms with Crippen molar-refractivity contribution >= 4 is 21.4 Å². The van der Waals surface area contributed by atoms with Gasteiger partial charge in [0.25, 0.3) is 5.91 Å². The number of amides is 1. The lowest BCUT2D eigenvalue weighted by Crippen LogP contribution is -2.36. The van der Waals surface area contributed by atoms with Crippen molar-refractivity contribution in [3.05, 3.63) is 58.9 Å². The number of anilines is 1. The Bertz CT molecular complexity index is 922. The fourth-order valence-corrected chi connectivity index (χ4v) is 3.61. The quantitative estimate of drug-likeness (QED) is 0.839. The molecule has 1 amide bonds. The summed E-state index contributed by atoms with van der Waals surface area (Å²) >= 11 is 0. The number of carbonyl (C=O) groups excluding carboxylic acids is 1. The minimum absolute atomic E-state index is 0.105. The summed E-state index contributed by atoms with van der Waals surface area (Å²) in [5.74, 6) is -0.695. The van der Waals surface area contributed by atoms with Crippen LogP contribution in [0, 0.1) is 12.7 Å². The summed E-state index contributed by atoms with van der Waals surface area (Å²) in [7, 11) is -3.40. The third kappa shape index (κ3) is 3.06. The van der Waals surface area contributed by atoms with Crippen LogP contribution in [0.4, 0.5) is 10.1 Å². The number of hydrogen-bond donors (Lipinski definition) is 0. The highest BCUT2D eigenvalue weighted by molar-refractivity contribution is 7.90. The first-order chi connectivity index (χ1) is 11.3. The van der Waals surface area contributed by atoms with Gasteiger partial charge in [0.2, 0.25) is 0 Å². The van der Waals surface area contributed by atoms with Gasteiger partial charge < -0.3 is 4.90 Å². The number of sulfone groups is 1. The molecule has 1 heterocycles. The largest absolute Gasteiger partial charge is 0.308 e.